The molecule has 1 N–H and O–H groups in total. The van der Waals surface area contributed by atoms with Crippen LogP contribution in [-0.2, 0) is 24.8 Å². The highest BCUT2D eigenvalue weighted by Gasteiger charge is 2.32. The molecule has 1 heterocycles. The summed E-state index contributed by atoms with van der Waals surface area (Å²) in [5.41, 5.74) is 2.14. The van der Waals surface area contributed by atoms with Crippen molar-refractivity contribution < 1.29 is 26.4 Å². The molecule has 1 amide bonds. The van der Waals surface area contributed by atoms with Crippen molar-refractivity contribution in [3.05, 3.63) is 53.6 Å². The van der Waals surface area contributed by atoms with E-state index in [-0.39, 0.29) is 18.0 Å². The van der Waals surface area contributed by atoms with Crippen LogP contribution in [0, 0.1) is 13.8 Å². The number of rotatable bonds is 11. The zero-order valence-corrected chi connectivity index (χ0v) is 22.9. The summed E-state index contributed by atoms with van der Waals surface area (Å²) in [6.07, 6.45) is 3.14. The predicted molar refractivity (Wildman–Crippen MR) is 140 cm³/mol. The lowest BCUT2D eigenvalue weighted by molar-refractivity contribution is -0.122. The van der Waals surface area contributed by atoms with Gasteiger partial charge in [0, 0.05) is 13.1 Å². The molecule has 2 aromatic carbocycles. The van der Waals surface area contributed by atoms with E-state index in [1.807, 2.05) is 26.0 Å². The van der Waals surface area contributed by atoms with E-state index in [0.29, 0.717) is 30.9 Å². The van der Waals surface area contributed by atoms with Crippen LogP contribution in [0.25, 0.3) is 0 Å². The fourth-order valence-corrected chi connectivity index (χ4v) is 7.02. The Morgan fingerprint density at radius 1 is 1.06 bits per heavy atom. The summed E-state index contributed by atoms with van der Waals surface area (Å²) in [6, 6.07) is 10.8. The van der Waals surface area contributed by atoms with Gasteiger partial charge in [0.25, 0.3) is 0 Å². The maximum atomic E-state index is 13.0. The summed E-state index contributed by atoms with van der Waals surface area (Å²) in [6.45, 7) is 6.83. The third-order valence-corrected chi connectivity index (χ3v) is 9.21. The lowest BCUT2D eigenvalue weighted by Gasteiger charge is -2.31. The van der Waals surface area contributed by atoms with Gasteiger partial charge >= 0.3 is 0 Å². The number of nitrogens with zero attached hydrogens (tertiary/aromatic N) is 2. The Morgan fingerprint density at radius 3 is 2.28 bits per heavy atom. The van der Waals surface area contributed by atoms with Crippen molar-refractivity contribution in [2.75, 3.05) is 36.8 Å². The summed E-state index contributed by atoms with van der Waals surface area (Å²) in [7, 11) is -7.21. The van der Waals surface area contributed by atoms with Crippen LogP contribution in [0.1, 0.15) is 37.3 Å². The Labute approximate surface area is 214 Å². The number of nitrogens with one attached hydrogen (secondary N) is 1. The first-order chi connectivity index (χ1) is 16.9. The normalized spacial score (nSPS) is 15.4. The van der Waals surface area contributed by atoms with Crippen molar-refractivity contribution in [2.24, 2.45) is 0 Å². The summed E-state index contributed by atoms with van der Waals surface area (Å²) < 4.78 is 58.9. The monoisotopic (exact) mass is 537 g/mol. The lowest BCUT2D eigenvalue weighted by atomic mass is 10.1. The highest BCUT2D eigenvalue weighted by atomic mass is 32.2. The minimum atomic E-state index is -3.72. The Hall–Kier alpha value is -2.63. The molecule has 2 aromatic rings. The van der Waals surface area contributed by atoms with E-state index in [0.717, 1.165) is 30.2 Å². The summed E-state index contributed by atoms with van der Waals surface area (Å²) in [4.78, 5) is 13.2. The molecule has 11 heteroatoms. The number of ether oxygens (including phenoxy) is 1. The Balaban J connectivity index is 1.60. The highest BCUT2D eigenvalue weighted by Crippen LogP contribution is 2.27. The van der Waals surface area contributed by atoms with E-state index < -0.39 is 32.0 Å². The number of aryl methyl sites for hydroxylation is 2. The number of benzene rings is 2. The van der Waals surface area contributed by atoms with E-state index in [1.165, 1.54) is 20.7 Å². The van der Waals surface area contributed by atoms with E-state index in [9.17, 15) is 21.6 Å². The molecule has 36 heavy (non-hydrogen) atoms. The standard InChI is InChI=1S/C25H35N3O6S2/c1-5-23(28(35(4,30)31)24-18-19(2)8-9-20(24)3)25(29)26-14-17-34-21-10-12-22(13-11-21)36(32,33)27-15-6-7-16-27/h8-13,18,23H,5-7,14-17H2,1-4H3,(H,26,29)/t23-/m0/s1. The zero-order valence-electron chi connectivity index (χ0n) is 21.2. The van der Waals surface area contributed by atoms with Crippen molar-refractivity contribution >= 4 is 31.6 Å². The molecule has 9 nitrogen and oxygen atoms in total. The second kappa shape index (κ2) is 11.6. The van der Waals surface area contributed by atoms with E-state index >= 15 is 0 Å². The molecule has 0 saturated carbocycles. The van der Waals surface area contributed by atoms with Crippen LogP contribution in [0.5, 0.6) is 5.75 Å². The molecule has 0 radical (unpaired) electrons. The van der Waals surface area contributed by atoms with Gasteiger partial charge in [-0.25, -0.2) is 16.8 Å². The van der Waals surface area contributed by atoms with E-state index in [1.54, 1.807) is 25.1 Å². The van der Waals surface area contributed by atoms with Crippen LogP contribution in [0.2, 0.25) is 0 Å². The Morgan fingerprint density at radius 2 is 1.69 bits per heavy atom. The number of amides is 1. The summed E-state index contributed by atoms with van der Waals surface area (Å²) in [5.74, 6) is 0.0595. The Kier molecular flexibility index (Phi) is 9.02. The molecule has 0 unspecified atom stereocenters. The minimum Gasteiger partial charge on any atom is -0.492 e. The summed E-state index contributed by atoms with van der Waals surface area (Å²) >= 11 is 0. The molecule has 3 rings (SSSR count). The zero-order chi connectivity index (χ0) is 26.5. The molecule has 0 aromatic heterocycles. The average molecular weight is 538 g/mol. The number of hydrogen-bond acceptors (Lipinski definition) is 6. The SMILES string of the molecule is CC[C@@H](C(=O)NCCOc1ccc(S(=O)(=O)N2CCCC2)cc1)N(c1cc(C)ccc1C)S(C)(=O)=O. The predicted octanol–water partition coefficient (Wildman–Crippen LogP) is 2.83. The maximum absolute atomic E-state index is 13.0. The molecular formula is C25H35N3O6S2. The quantitative estimate of drug-likeness (QED) is 0.441. The largest absolute Gasteiger partial charge is 0.492 e. The van der Waals surface area contributed by atoms with Crippen LogP contribution < -0.4 is 14.4 Å². The minimum absolute atomic E-state index is 0.142. The number of hydrogen-bond donors (Lipinski definition) is 1. The van der Waals surface area contributed by atoms with Gasteiger partial charge in [-0.1, -0.05) is 19.1 Å². The van der Waals surface area contributed by atoms with Crippen LogP contribution in [0.3, 0.4) is 0 Å². The molecule has 198 valence electrons. The van der Waals surface area contributed by atoms with E-state index in [4.69, 9.17) is 4.74 Å². The van der Waals surface area contributed by atoms with Gasteiger partial charge in [0.15, 0.2) is 0 Å². The second-order valence-corrected chi connectivity index (χ2v) is 12.8. The van der Waals surface area contributed by atoms with Crippen LogP contribution in [-0.4, -0.2) is 65.6 Å². The number of anilines is 1. The smallest absolute Gasteiger partial charge is 0.244 e. The van der Waals surface area contributed by atoms with Gasteiger partial charge in [0.05, 0.1) is 23.4 Å². The molecule has 1 atom stereocenters. The van der Waals surface area contributed by atoms with E-state index in [2.05, 4.69) is 5.32 Å². The molecular weight excluding hydrogens is 502 g/mol. The molecule has 1 aliphatic rings. The number of carbonyl (C=O) groups excluding carboxylic acids is 1. The average Bonchev–Trinajstić information content (AvgIpc) is 3.37. The fourth-order valence-electron chi connectivity index (χ4n) is 4.24. The van der Waals surface area contributed by atoms with Gasteiger partial charge in [0.2, 0.25) is 26.0 Å². The molecule has 0 spiro atoms. The molecule has 1 fully saturated rings. The van der Waals surface area contributed by atoms with Gasteiger partial charge in [-0.15, -0.1) is 0 Å². The first kappa shape index (κ1) is 27.9. The van der Waals surface area contributed by atoms with Crippen molar-refractivity contribution in [3.8, 4) is 5.75 Å². The molecule has 0 aliphatic carbocycles. The van der Waals surface area contributed by atoms with Gasteiger partial charge in [-0.2, -0.15) is 4.31 Å². The van der Waals surface area contributed by atoms with Gasteiger partial charge in [-0.05, 0) is 74.6 Å². The molecule has 0 bridgehead atoms. The first-order valence-electron chi connectivity index (χ1n) is 12.0. The lowest BCUT2D eigenvalue weighted by Crippen LogP contribution is -2.50. The van der Waals surface area contributed by atoms with Crippen molar-refractivity contribution in [2.45, 2.75) is 51.0 Å². The number of sulfonamides is 2. The van der Waals surface area contributed by atoms with Crippen molar-refractivity contribution in [1.82, 2.24) is 9.62 Å². The van der Waals surface area contributed by atoms with Gasteiger partial charge < -0.3 is 10.1 Å². The van der Waals surface area contributed by atoms with Crippen LogP contribution in [0.4, 0.5) is 5.69 Å². The van der Waals surface area contributed by atoms with Crippen LogP contribution >= 0.6 is 0 Å². The van der Waals surface area contributed by atoms with Gasteiger partial charge in [-0.3, -0.25) is 9.10 Å². The number of carbonyl (C=O) groups is 1. The molecule has 1 aliphatic heterocycles. The second-order valence-electron chi connectivity index (χ2n) is 8.99. The first-order valence-corrected chi connectivity index (χ1v) is 15.3. The van der Waals surface area contributed by atoms with Crippen molar-refractivity contribution in [1.29, 1.82) is 0 Å². The highest BCUT2D eigenvalue weighted by molar-refractivity contribution is 7.92. The van der Waals surface area contributed by atoms with Crippen LogP contribution in [0.15, 0.2) is 47.4 Å². The van der Waals surface area contributed by atoms with Crippen molar-refractivity contribution in [3.63, 3.8) is 0 Å². The Bertz CT molecular complexity index is 1270. The summed E-state index contributed by atoms with van der Waals surface area (Å²) in [5, 5.41) is 2.76. The van der Waals surface area contributed by atoms with Gasteiger partial charge in [0.1, 0.15) is 18.4 Å². The topological polar surface area (TPSA) is 113 Å². The third-order valence-electron chi connectivity index (χ3n) is 6.13. The molecule has 1 saturated heterocycles. The third kappa shape index (κ3) is 6.57. The fraction of sp³-hybridized carbons (Fsp3) is 0.480. The maximum Gasteiger partial charge on any atom is 0.244 e.